The summed E-state index contributed by atoms with van der Waals surface area (Å²) in [5.74, 6) is 0.409. The summed E-state index contributed by atoms with van der Waals surface area (Å²) in [7, 11) is 0. The second-order valence-corrected chi connectivity index (χ2v) is 4.85. The van der Waals surface area contributed by atoms with Gasteiger partial charge in [0.15, 0.2) is 0 Å². The highest BCUT2D eigenvalue weighted by Gasteiger charge is 2.12. The van der Waals surface area contributed by atoms with Crippen LogP contribution in [0, 0.1) is 0 Å². The number of phenolic OH excluding ortho intramolecular Hbond substituents is 1. The lowest BCUT2D eigenvalue weighted by Gasteiger charge is -2.27. The average molecular weight is 242 g/mol. The van der Waals surface area contributed by atoms with Crippen molar-refractivity contribution in [1.29, 1.82) is 0 Å². The number of nitrogens with zero attached hydrogens (tertiary/aromatic N) is 1. The van der Waals surface area contributed by atoms with Crippen LogP contribution in [0.15, 0.2) is 36.4 Å². The first kappa shape index (κ1) is 11.5. The van der Waals surface area contributed by atoms with Gasteiger partial charge >= 0.3 is 0 Å². The molecule has 3 nitrogen and oxygen atoms in total. The SMILES string of the molecule is Oc1cc2ccccc2cc1CN1CCNCC1. The third-order valence-corrected chi connectivity index (χ3v) is 3.55. The van der Waals surface area contributed by atoms with Crippen LogP contribution in [0.5, 0.6) is 5.75 Å². The molecule has 0 amide bonds. The van der Waals surface area contributed by atoms with Crippen LogP contribution >= 0.6 is 0 Å². The Kier molecular flexibility index (Phi) is 3.17. The predicted octanol–water partition coefficient (Wildman–Crippen LogP) is 1.95. The molecule has 0 aromatic heterocycles. The molecule has 1 fully saturated rings. The van der Waals surface area contributed by atoms with Crippen molar-refractivity contribution in [2.24, 2.45) is 0 Å². The third-order valence-electron chi connectivity index (χ3n) is 3.55. The van der Waals surface area contributed by atoms with Crippen LogP contribution in [0.3, 0.4) is 0 Å². The van der Waals surface area contributed by atoms with E-state index in [0.717, 1.165) is 43.7 Å². The molecule has 2 aromatic carbocycles. The Balaban J connectivity index is 1.88. The molecule has 1 aliphatic rings. The highest BCUT2D eigenvalue weighted by atomic mass is 16.3. The number of hydrogen-bond acceptors (Lipinski definition) is 3. The highest BCUT2D eigenvalue weighted by molar-refractivity contribution is 5.84. The number of phenols is 1. The maximum Gasteiger partial charge on any atom is 0.120 e. The van der Waals surface area contributed by atoms with Gasteiger partial charge in [-0.05, 0) is 22.9 Å². The van der Waals surface area contributed by atoms with Crippen LogP contribution in [0.4, 0.5) is 0 Å². The summed E-state index contributed by atoms with van der Waals surface area (Å²) in [5.41, 5.74) is 1.02. The molecular formula is C15H18N2O. The molecule has 1 aliphatic heterocycles. The molecule has 0 radical (unpaired) electrons. The maximum absolute atomic E-state index is 10.1. The van der Waals surface area contributed by atoms with E-state index in [9.17, 15) is 5.11 Å². The zero-order valence-electron chi connectivity index (χ0n) is 10.4. The van der Waals surface area contributed by atoms with Gasteiger partial charge in [0.05, 0.1) is 0 Å². The van der Waals surface area contributed by atoms with Crippen molar-refractivity contribution >= 4 is 10.8 Å². The number of benzene rings is 2. The Hall–Kier alpha value is -1.58. The predicted molar refractivity (Wildman–Crippen MR) is 73.8 cm³/mol. The van der Waals surface area contributed by atoms with E-state index in [1.165, 1.54) is 5.39 Å². The van der Waals surface area contributed by atoms with Crippen molar-refractivity contribution in [2.75, 3.05) is 26.2 Å². The van der Waals surface area contributed by atoms with E-state index >= 15 is 0 Å². The molecule has 0 spiro atoms. The van der Waals surface area contributed by atoms with Crippen molar-refractivity contribution in [3.8, 4) is 5.75 Å². The standard InChI is InChI=1S/C15H18N2O/c18-15-10-13-4-2-1-3-12(13)9-14(15)11-17-7-5-16-6-8-17/h1-4,9-10,16,18H,5-8,11H2. The lowest BCUT2D eigenvalue weighted by molar-refractivity contribution is 0.230. The van der Waals surface area contributed by atoms with E-state index in [2.05, 4.69) is 22.3 Å². The summed E-state index contributed by atoms with van der Waals surface area (Å²) in [5, 5.41) is 15.7. The van der Waals surface area contributed by atoms with E-state index in [-0.39, 0.29) is 0 Å². The highest BCUT2D eigenvalue weighted by Crippen LogP contribution is 2.26. The molecule has 94 valence electrons. The van der Waals surface area contributed by atoms with Crippen LogP contribution in [0.1, 0.15) is 5.56 Å². The second kappa shape index (κ2) is 4.96. The minimum atomic E-state index is 0.409. The van der Waals surface area contributed by atoms with Gasteiger partial charge in [0.2, 0.25) is 0 Å². The van der Waals surface area contributed by atoms with Crippen molar-refractivity contribution in [3.63, 3.8) is 0 Å². The van der Waals surface area contributed by atoms with Gasteiger partial charge < -0.3 is 10.4 Å². The number of rotatable bonds is 2. The molecule has 3 heteroatoms. The maximum atomic E-state index is 10.1. The Morgan fingerprint density at radius 2 is 1.72 bits per heavy atom. The Labute approximate surface area is 107 Å². The van der Waals surface area contributed by atoms with Crippen molar-refractivity contribution in [2.45, 2.75) is 6.54 Å². The topological polar surface area (TPSA) is 35.5 Å². The van der Waals surface area contributed by atoms with Gasteiger partial charge in [-0.1, -0.05) is 24.3 Å². The quantitative estimate of drug-likeness (QED) is 0.845. The van der Waals surface area contributed by atoms with Crippen LogP contribution in [-0.2, 0) is 6.54 Å². The van der Waals surface area contributed by atoms with Gasteiger partial charge in [0.25, 0.3) is 0 Å². The lowest BCUT2D eigenvalue weighted by atomic mass is 10.1. The molecule has 18 heavy (non-hydrogen) atoms. The average Bonchev–Trinajstić information content (AvgIpc) is 2.41. The molecular weight excluding hydrogens is 224 g/mol. The molecule has 3 rings (SSSR count). The van der Waals surface area contributed by atoms with Gasteiger partial charge in [-0.15, -0.1) is 0 Å². The molecule has 2 N–H and O–H groups in total. The molecule has 0 atom stereocenters. The molecule has 1 heterocycles. The number of piperazine rings is 1. The summed E-state index contributed by atoms with van der Waals surface area (Å²) in [6.45, 7) is 5.00. The van der Waals surface area contributed by atoms with Crippen LogP contribution in [-0.4, -0.2) is 36.2 Å². The summed E-state index contributed by atoms with van der Waals surface area (Å²) in [6, 6.07) is 12.1. The lowest BCUT2D eigenvalue weighted by Crippen LogP contribution is -2.42. The summed E-state index contributed by atoms with van der Waals surface area (Å²) in [6.07, 6.45) is 0. The normalized spacial score (nSPS) is 17.1. The zero-order chi connectivity index (χ0) is 12.4. The van der Waals surface area contributed by atoms with E-state index in [0.29, 0.717) is 5.75 Å². The first-order chi connectivity index (χ1) is 8.83. The monoisotopic (exact) mass is 242 g/mol. The first-order valence-electron chi connectivity index (χ1n) is 6.47. The molecule has 0 aliphatic carbocycles. The van der Waals surface area contributed by atoms with Gasteiger partial charge in [0.1, 0.15) is 5.75 Å². The van der Waals surface area contributed by atoms with E-state index in [4.69, 9.17) is 0 Å². The number of fused-ring (bicyclic) bond motifs is 1. The molecule has 0 bridgehead atoms. The third kappa shape index (κ3) is 2.33. The summed E-state index contributed by atoms with van der Waals surface area (Å²) >= 11 is 0. The Bertz CT molecular complexity index is 547. The molecule has 0 saturated carbocycles. The Morgan fingerprint density at radius 3 is 2.44 bits per heavy atom. The fraction of sp³-hybridized carbons (Fsp3) is 0.333. The fourth-order valence-corrected chi connectivity index (χ4v) is 2.51. The first-order valence-corrected chi connectivity index (χ1v) is 6.47. The fourth-order valence-electron chi connectivity index (χ4n) is 2.51. The Morgan fingerprint density at radius 1 is 1.06 bits per heavy atom. The summed E-state index contributed by atoms with van der Waals surface area (Å²) in [4.78, 5) is 2.38. The minimum Gasteiger partial charge on any atom is -0.508 e. The van der Waals surface area contributed by atoms with Crippen molar-refractivity contribution in [3.05, 3.63) is 42.0 Å². The number of hydrogen-bond donors (Lipinski definition) is 2. The van der Waals surface area contributed by atoms with Crippen LogP contribution in [0.25, 0.3) is 10.8 Å². The smallest absolute Gasteiger partial charge is 0.120 e. The van der Waals surface area contributed by atoms with Crippen molar-refractivity contribution < 1.29 is 5.11 Å². The largest absolute Gasteiger partial charge is 0.508 e. The van der Waals surface area contributed by atoms with E-state index in [1.807, 2.05) is 24.3 Å². The van der Waals surface area contributed by atoms with Gasteiger partial charge in [-0.25, -0.2) is 0 Å². The number of nitrogens with one attached hydrogen (secondary N) is 1. The second-order valence-electron chi connectivity index (χ2n) is 4.85. The minimum absolute atomic E-state index is 0.409. The molecule has 2 aromatic rings. The van der Waals surface area contributed by atoms with E-state index < -0.39 is 0 Å². The molecule has 1 saturated heterocycles. The van der Waals surface area contributed by atoms with Gasteiger partial charge in [-0.3, -0.25) is 4.90 Å². The summed E-state index contributed by atoms with van der Waals surface area (Å²) < 4.78 is 0. The van der Waals surface area contributed by atoms with Crippen LogP contribution in [0.2, 0.25) is 0 Å². The molecule has 0 unspecified atom stereocenters. The van der Waals surface area contributed by atoms with Crippen molar-refractivity contribution in [1.82, 2.24) is 10.2 Å². The van der Waals surface area contributed by atoms with Gasteiger partial charge in [-0.2, -0.15) is 0 Å². The number of aromatic hydroxyl groups is 1. The van der Waals surface area contributed by atoms with Gasteiger partial charge in [0, 0.05) is 38.3 Å². The van der Waals surface area contributed by atoms with E-state index in [1.54, 1.807) is 0 Å². The zero-order valence-corrected chi connectivity index (χ0v) is 10.4. The van der Waals surface area contributed by atoms with Crippen LogP contribution < -0.4 is 5.32 Å².